The molecule has 1 amide bonds. The molecular formula is C11H17NO4. The Morgan fingerprint density at radius 1 is 1.19 bits per heavy atom. The molecule has 0 bridgehead atoms. The lowest BCUT2D eigenvalue weighted by atomic mass is 10.0. The quantitative estimate of drug-likeness (QED) is 0.751. The Morgan fingerprint density at radius 3 is 2.62 bits per heavy atom. The van der Waals surface area contributed by atoms with Crippen LogP contribution < -0.4 is 0 Å². The molecular weight excluding hydrogens is 210 g/mol. The third-order valence-electron chi connectivity index (χ3n) is 3.28. The van der Waals surface area contributed by atoms with Crippen LogP contribution in [0.25, 0.3) is 0 Å². The van der Waals surface area contributed by atoms with Crippen molar-refractivity contribution in [3.8, 4) is 0 Å². The third-order valence-corrected chi connectivity index (χ3v) is 3.28. The molecule has 0 radical (unpaired) electrons. The van der Waals surface area contributed by atoms with Gasteiger partial charge in [0.1, 0.15) is 12.1 Å². The van der Waals surface area contributed by atoms with Crippen LogP contribution >= 0.6 is 0 Å². The molecule has 1 N–H and O–H groups in total. The van der Waals surface area contributed by atoms with Gasteiger partial charge in [0.05, 0.1) is 0 Å². The van der Waals surface area contributed by atoms with E-state index in [9.17, 15) is 9.59 Å². The van der Waals surface area contributed by atoms with Crippen molar-refractivity contribution in [3.63, 3.8) is 0 Å². The smallest absolute Gasteiger partial charge is 0.326 e. The number of carbonyl (C=O) groups is 2. The second-order valence-corrected chi connectivity index (χ2v) is 4.38. The first-order chi connectivity index (χ1) is 7.70. The first-order valence-corrected chi connectivity index (χ1v) is 5.85. The van der Waals surface area contributed by atoms with Crippen LogP contribution in [0.3, 0.4) is 0 Å². The number of carboxylic acid groups (broad SMARTS) is 1. The Balaban J connectivity index is 2.04. The van der Waals surface area contributed by atoms with Gasteiger partial charge in [-0.2, -0.15) is 0 Å². The second-order valence-electron chi connectivity index (χ2n) is 4.38. The van der Waals surface area contributed by atoms with E-state index >= 15 is 0 Å². The van der Waals surface area contributed by atoms with E-state index in [-0.39, 0.29) is 5.91 Å². The molecule has 0 aromatic heterocycles. The molecule has 2 fully saturated rings. The highest BCUT2D eigenvalue weighted by Crippen LogP contribution is 2.22. The summed E-state index contributed by atoms with van der Waals surface area (Å²) in [5.41, 5.74) is 0. The molecule has 2 heterocycles. The first-order valence-electron chi connectivity index (χ1n) is 5.85. The van der Waals surface area contributed by atoms with Crippen LogP contribution in [0, 0.1) is 0 Å². The van der Waals surface area contributed by atoms with Crippen molar-refractivity contribution in [1.29, 1.82) is 0 Å². The van der Waals surface area contributed by atoms with Crippen LogP contribution in [0.15, 0.2) is 0 Å². The molecule has 0 aromatic carbocycles. The predicted octanol–water partition coefficient (Wildman–Crippen LogP) is 0.631. The molecule has 0 spiro atoms. The Bertz CT molecular complexity index is 286. The van der Waals surface area contributed by atoms with Crippen LogP contribution in [0.1, 0.15) is 32.1 Å². The molecule has 2 saturated heterocycles. The minimum absolute atomic E-state index is 0.135. The van der Waals surface area contributed by atoms with E-state index in [0.717, 1.165) is 25.7 Å². The standard InChI is InChI=1S/C11H17NO4/c13-10(9-5-3-7-16-9)12-6-2-1-4-8(12)11(14)15/h8-9H,1-7H2,(H,14,15)/t8-,9+/m1/s1. The fourth-order valence-electron chi connectivity index (χ4n) is 2.41. The van der Waals surface area contributed by atoms with E-state index in [1.807, 2.05) is 0 Å². The lowest BCUT2D eigenvalue weighted by molar-refractivity contribution is -0.156. The van der Waals surface area contributed by atoms with Crippen molar-refractivity contribution in [3.05, 3.63) is 0 Å². The summed E-state index contributed by atoms with van der Waals surface area (Å²) < 4.78 is 5.31. The van der Waals surface area contributed by atoms with Gasteiger partial charge >= 0.3 is 5.97 Å². The van der Waals surface area contributed by atoms with Crippen molar-refractivity contribution >= 4 is 11.9 Å². The van der Waals surface area contributed by atoms with Gasteiger partial charge in [0.15, 0.2) is 0 Å². The second kappa shape index (κ2) is 4.82. The average Bonchev–Trinajstić information content (AvgIpc) is 2.81. The Hall–Kier alpha value is -1.10. The Morgan fingerprint density at radius 2 is 2.00 bits per heavy atom. The number of piperidine rings is 1. The van der Waals surface area contributed by atoms with Crippen LogP contribution in [0.5, 0.6) is 0 Å². The van der Waals surface area contributed by atoms with Gasteiger partial charge in [-0.25, -0.2) is 4.79 Å². The number of nitrogens with zero attached hydrogens (tertiary/aromatic N) is 1. The summed E-state index contributed by atoms with van der Waals surface area (Å²) >= 11 is 0. The zero-order valence-corrected chi connectivity index (χ0v) is 9.22. The van der Waals surface area contributed by atoms with Gasteiger partial charge < -0.3 is 14.7 Å². The Kier molecular flexibility index (Phi) is 3.43. The first kappa shape index (κ1) is 11.4. The van der Waals surface area contributed by atoms with Crippen LogP contribution in [0.2, 0.25) is 0 Å². The molecule has 2 rings (SSSR count). The minimum Gasteiger partial charge on any atom is -0.480 e. The maximum Gasteiger partial charge on any atom is 0.326 e. The zero-order chi connectivity index (χ0) is 11.5. The summed E-state index contributed by atoms with van der Waals surface area (Å²) in [4.78, 5) is 24.6. The van der Waals surface area contributed by atoms with E-state index in [1.165, 1.54) is 4.90 Å². The maximum atomic E-state index is 12.1. The molecule has 16 heavy (non-hydrogen) atoms. The summed E-state index contributed by atoms with van der Waals surface area (Å²) in [6, 6.07) is -0.648. The molecule has 5 heteroatoms. The van der Waals surface area contributed by atoms with Gasteiger partial charge in [-0.05, 0) is 32.1 Å². The highest BCUT2D eigenvalue weighted by Gasteiger charge is 2.36. The van der Waals surface area contributed by atoms with E-state index in [1.54, 1.807) is 0 Å². The van der Waals surface area contributed by atoms with Crippen molar-refractivity contribution in [1.82, 2.24) is 4.90 Å². The Labute approximate surface area is 94.4 Å². The molecule has 90 valence electrons. The van der Waals surface area contributed by atoms with Crippen molar-refractivity contribution in [2.45, 2.75) is 44.2 Å². The molecule has 0 saturated carbocycles. The van der Waals surface area contributed by atoms with Crippen molar-refractivity contribution in [2.24, 2.45) is 0 Å². The molecule has 5 nitrogen and oxygen atoms in total. The number of rotatable bonds is 2. The molecule has 2 atom stereocenters. The molecule has 0 aliphatic carbocycles. The van der Waals surface area contributed by atoms with E-state index in [2.05, 4.69) is 0 Å². The summed E-state index contributed by atoms with van der Waals surface area (Å²) in [6.07, 6.45) is 3.55. The van der Waals surface area contributed by atoms with E-state index < -0.39 is 18.1 Å². The fourth-order valence-corrected chi connectivity index (χ4v) is 2.41. The normalized spacial score (nSPS) is 30.4. The number of hydrogen-bond acceptors (Lipinski definition) is 3. The van der Waals surface area contributed by atoms with Crippen LogP contribution in [-0.4, -0.2) is 47.2 Å². The summed E-state index contributed by atoms with van der Waals surface area (Å²) in [5, 5.41) is 9.07. The molecule has 0 aromatic rings. The lowest BCUT2D eigenvalue weighted by Gasteiger charge is -2.34. The number of carboxylic acids is 1. The fraction of sp³-hybridized carbons (Fsp3) is 0.818. The van der Waals surface area contributed by atoms with Crippen LogP contribution in [-0.2, 0) is 14.3 Å². The SMILES string of the molecule is O=C(O)[C@H]1CCCCN1C(=O)[C@@H]1CCCO1. The number of carbonyl (C=O) groups excluding carboxylic acids is 1. The largest absolute Gasteiger partial charge is 0.480 e. The number of amides is 1. The number of aliphatic carboxylic acids is 1. The van der Waals surface area contributed by atoms with Gasteiger partial charge in [-0.1, -0.05) is 0 Å². The summed E-state index contributed by atoms with van der Waals surface area (Å²) in [7, 11) is 0. The van der Waals surface area contributed by atoms with E-state index in [0.29, 0.717) is 19.6 Å². The van der Waals surface area contributed by atoms with E-state index in [4.69, 9.17) is 9.84 Å². The minimum atomic E-state index is -0.897. The van der Waals surface area contributed by atoms with Crippen LogP contribution in [0.4, 0.5) is 0 Å². The average molecular weight is 227 g/mol. The summed E-state index contributed by atoms with van der Waals surface area (Å²) in [6.45, 7) is 1.16. The summed E-state index contributed by atoms with van der Waals surface area (Å²) in [5.74, 6) is -1.03. The maximum absolute atomic E-state index is 12.1. The number of hydrogen-bond donors (Lipinski definition) is 1. The van der Waals surface area contributed by atoms with Gasteiger partial charge in [0.2, 0.25) is 0 Å². The number of ether oxygens (including phenoxy) is 1. The highest BCUT2D eigenvalue weighted by atomic mass is 16.5. The monoisotopic (exact) mass is 227 g/mol. The molecule has 0 unspecified atom stereocenters. The van der Waals surface area contributed by atoms with Gasteiger partial charge in [-0.3, -0.25) is 4.79 Å². The topological polar surface area (TPSA) is 66.8 Å². The van der Waals surface area contributed by atoms with Gasteiger partial charge in [-0.15, -0.1) is 0 Å². The molecule has 2 aliphatic heterocycles. The van der Waals surface area contributed by atoms with Gasteiger partial charge in [0, 0.05) is 13.2 Å². The van der Waals surface area contributed by atoms with Gasteiger partial charge in [0.25, 0.3) is 5.91 Å². The predicted molar refractivity (Wildman–Crippen MR) is 56.0 cm³/mol. The number of likely N-dealkylation sites (tertiary alicyclic amines) is 1. The zero-order valence-electron chi connectivity index (χ0n) is 9.22. The van der Waals surface area contributed by atoms with Crippen molar-refractivity contribution < 1.29 is 19.4 Å². The third kappa shape index (κ3) is 2.19. The molecule has 2 aliphatic rings. The highest BCUT2D eigenvalue weighted by molar-refractivity contribution is 5.86. The van der Waals surface area contributed by atoms with Crippen molar-refractivity contribution in [2.75, 3.05) is 13.2 Å². The lowest BCUT2D eigenvalue weighted by Crippen LogP contribution is -2.51.